The molecular formula is C22H22N4O5S. The summed E-state index contributed by atoms with van der Waals surface area (Å²) in [5.74, 6) is -0.0663. The van der Waals surface area contributed by atoms with Crippen LogP contribution in [0.25, 0.3) is 0 Å². The molecular weight excluding hydrogens is 432 g/mol. The van der Waals surface area contributed by atoms with Crippen molar-refractivity contribution < 1.29 is 22.7 Å². The first-order valence-electron chi connectivity index (χ1n) is 10.2. The van der Waals surface area contributed by atoms with E-state index in [2.05, 4.69) is 5.32 Å². The molecule has 1 N–H and O–H groups in total. The number of nitrogens with zero attached hydrogens (tertiary/aromatic N) is 3. The second-order valence-electron chi connectivity index (χ2n) is 7.55. The fourth-order valence-corrected chi connectivity index (χ4v) is 5.16. The zero-order chi connectivity index (χ0) is 22.9. The monoisotopic (exact) mass is 454 g/mol. The number of fused-ring (bicyclic) bond motifs is 1. The molecule has 2 heterocycles. The average molecular weight is 455 g/mol. The van der Waals surface area contributed by atoms with Crippen LogP contribution in [-0.2, 0) is 14.8 Å². The molecule has 2 amide bonds. The molecule has 32 heavy (non-hydrogen) atoms. The molecule has 1 atom stereocenters. The number of sulfonamides is 1. The van der Waals surface area contributed by atoms with E-state index in [4.69, 9.17) is 10.00 Å². The molecule has 4 rings (SSSR count). The third-order valence-corrected chi connectivity index (χ3v) is 7.46. The molecule has 0 spiro atoms. The number of hydrogen-bond acceptors (Lipinski definition) is 6. The van der Waals surface area contributed by atoms with Gasteiger partial charge in [-0.15, -0.1) is 0 Å². The van der Waals surface area contributed by atoms with Crippen molar-refractivity contribution in [3.63, 3.8) is 0 Å². The van der Waals surface area contributed by atoms with Gasteiger partial charge >= 0.3 is 0 Å². The van der Waals surface area contributed by atoms with E-state index in [-0.39, 0.29) is 42.9 Å². The number of hydrogen-bond donors (Lipinski definition) is 1. The van der Waals surface area contributed by atoms with Gasteiger partial charge in [0.1, 0.15) is 5.75 Å². The van der Waals surface area contributed by atoms with Crippen LogP contribution in [0.2, 0.25) is 0 Å². The van der Waals surface area contributed by atoms with E-state index in [1.165, 1.54) is 16.4 Å². The van der Waals surface area contributed by atoms with Crippen molar-refractivity contribution in [3.8, 4) is 11.8 Å². The number of anilines is 1. The summed E-state index contributed by atoms with van der Waals surface area (Å²) in [4.78, 5) is 26.4. The predicted octanol–water partition coefficient (Wildman–Crippen LogP) is 1.81. The minimum absolute atomic E-state index is 0.0574. The zero-order valence-electron chi connectivity index (χ0n) is 17.4. The molecule has 0 radical (unpaired) electrons. The van der Waals surface area contributed by atoms with E-state index in [9.17, 15) is 18.0 Å². The van der Waals surface area contributed by atoms with Gasteiger partial charge in [0, 0.05) is 31.7 Å². The van der Waals surface area contributed by atoms with Gasteiger partial charge in [-0.1, -0.05) is 6.92 Å². The Balaban J connectivity index is 1.45. The molecule has 0 aliphatic carbocycles. The van der Waals surface area contributed by atoms with Gasteiger partial charge in [0.2, 0.25) is 10.0 Å². The zero-order valence-corrected chi connectivity index (χ0v) is 18.3. The lowest BCUT2D eigenvalue weighted by Crippen LogP contribution is -2.50. The van der Waals surface area contributed by atoms with Gasteiger partial charge in [0.25, 0.3) is 11.8 Å². The number of carbonyl (C=O) groups excluding carboxylic acids is 2. The number of rotatable bonds is 4. The predicted molar refractivity (Wildman–Crippen MR) is 116 cm³/mol. The Hall–Kier alpha value is -3.42. The highest BCUT2D eigenvalue weighted by Crippen LogP contribution is 2.33. The Morgan fingerprint density at radius 3 is 2.47 bits per heavy atom. The average Bonchev–Trinajstić information content (AvgIpc) is 2.82. The molecule has 0 aromatic heterocycles. The highest BCUT2D eigenvalue weighted by atomic mass is 32.2. The first-order chi connectivity index (χ1) is 15.3. The van der Waals surface area contributed by atoms with Crippen molar-refractivity contribution in [2.24, 2.45) is 0 Å². The Morgan fingerprint density at radius 2 is 1.84 bits per heavy atom. The van der Waals surface area contributed by atoms with Crippen LogP contribution in [0.15, 0.2) is 47.4 Å². The molecule has 2 aliphatic rings. The lowest BCUT2D eigenvalue weighted by Gasteiger charge is -2.34. The van der Waals surface area contributed by atoms with Crippen molar-refractivity contribution in [1.29, 1.82) is 5.26 Å². The Kier molecular flexibility index (Phi) is 5.86. The van der Waals surface area contributed by atoms with E-state index in [1.54, 1.807) is 35.2 Å². The summed E-state index contributed by atoms with van der Waals surface area (Å²) in [6, 6.07) is 12.8. The van der Waals surface area contributed by atoms with E-state index in [0.29, 0.717) is 29.0 Å². The van der Waals surface area contributed by atoms with Crippen molar-refractivity contribution in [2.45, 2.75) is 24.3 Å². The summed E-state index contributed by atoms with van der Waals surface area (Å²) in [6.07, 6.45) is -0.0803. The van der Waals surface area contributed by atoms with Crippen LogP contribution in [0.5, 0.6) is 5.75 Å². The standard InChI is InChI=1S/C22H22N4O5S/c1-2-19-21(27)24-18-13-17(7-8-20(18)31-19)32(29,30)26-11-9-25(10-12-26)22(28)16-5-3-15(14-23)4-6-16/h3-8,13,19H,2,9-12H2,1H3,(H,24,27)/t19-/m1/s1. The maximum Gasteiger partial charge on any atom is 0.265 e. The minimum atomic E-state index is -3.80. The third kappa shape index (κ3) is 4.04. The highest BCUT2D eigenvalue weighted by Gasteiger charge is 2.32. The van der Waals surface area contributed by atoms with Crippen LogP contribution >= 0.6 is 0 Å². The number of ether oxygens (including phenoxy) is 1. The quantitative estimate of drug-likeness (QED) is 0.752. The Labute approximate surface area is 186 Å². The van der Waals surface area contributed by atoms with Gasteiger partial charge in [-0.25, -0.2) is 8.42 Å². The topological polar surface area (TPSA) is 120 Å². The molecule has 9 nitrogen and oxygen atoms in total. The molecule has 10 heteroatoms. The molecule has 2 aliphatic heterocycles. The van der Waals surface area contributed by atoms with Gasteiger partial charge in [-0.05, 0) is 48.9 Å². The summed E-state index contributed by atoms with van der Waals surface area (Å²) < 4.78 is 33.2. The van der Waals surface area contributed by atoms with Crippen LogP contribution in [0.3, 0.4) is 0 Å². The number of nitriles is 1. The fourth-order valence-electron chi connectivity index (χ4n) is 3.71. The van der Waals surface area contributed by atoms with E-state index in [1.807, 2.05) is 13.0 Å². The minimum Gasteiger partial charge on any atom is -0.478 e. The van der Waals surface area contributed by atoms with E-state index in [0.717, 1.165) is 0 Å². The van der Waals surface area contributed by atoms with E-state index >= 15 is 0 Å². The largest absolute Gasteiger partial charge is 0.478 e. The molecule has 0 unspecified atom stereocenters. The van der Waals surface area contributed by atoms with Gasteiger partial charge in [0.15, 0.2) is 6.10 Å². The second-order valence-corrected chi connectivity index (χ2v) is 9.49. The molecule has 2 aromatic carbocycles. The smallest absolute Gasteiger partial charge is 0.265 e. The summed E-state index contributed by atoms with van der Waals surface area (Å²) in [7, 11) is -3.80. The van der Waals surface area contributed by atoms with Crippen LogP contribution in [0, 0.1) is 11.3 Å². The van der Waals surface area contributed by atoms with Crippen LogP contribution in [0.4, 0.5) is 5.69 Å². The molecule has 2 aromatic rings. The van der Waals surface area contributed by atoms with Gasteiger partial charge in [-0.3, -0.25) is 9.59 Å². The summed E-state index contributed by atoms with van der Waals surface area (Å²) in [5, 5.41) is 11.6. The lowest BCUT2D eigenvalue weighted by atomic mass is 10.1. The van der Waals surface area contributed by atoms with Crippen molar-refractivity contribution >= 4 is 27.5 Å². The van der Waals surface area contributed by atoms with E-state index < -0.39 is 16.1 Å². The molecule has 0 bridgehead atoms. The maximum atomic E-state index is 13.1. The molecule has 166 valence electrons. The van der Waals surface area contributed by atoms with Crippen molar-refractivity contribution in [3.05, 3.63) is 53.6 Å². The lowest BCUT2D eigenvalue weighted by molar-refractivity contribution is -0.123. The van der Waals surface area contributed by atoms with Crippen molar-refractivity contribution in [1.82, 2.24) is 9.21 Å². The maximum absolute atomic E-state index is 13.1. The summed E-state index contributed by atoms with van der Waals surface area (Å²) in [6.45, 7) is 2.65. The summed E-state index contributed by atoms with van der Waals surface area (Å²) >= 11 is 0. The van der Waals surface area contributed by atoms with Gasteiger partial charge in [-0.2, -0.15) is 9.57 Å². The van der Waals surface area contributed by atoms with Crippen molar-refractivity contribution in [2.75, 3.05) is 31.5 Å². The van der Waals surface area contributed by atoms with Crippen LogP contribution in [0.1, 0.15) is 29.3 Å². The second kappa shape index (κ2) is 8.61. The number of nitrogens with one attached hydrogen (secondary N) is 1. The number of piperazine rings is 1. The number of carbonyl (C=O) groups is 2. The molecule has 1 saturated heterocycles. The van der Waals surface area contributed by atoms with Gasteiger partial charge < -0.3 is 15.0 Å². The fraction of sp³-hybridized carbons (Fsp3) is 0.318. The SMILES string of the molecule is CC[C@H]1Oc2ccc(S(=O)(=O)N3CCN(C(=O)c4ccc(C#N)cc4)CC3)cc2NC1=O. The molecule has 0 saturated carbocycles. The molecule has 1 fully saturated rings. The Morgan fingerprint density at radius 1 is 1.16 bits per heavy atom. The highest BCUT2D eigenvalue weighted by molar-refractivity contribution is 7.89. The van der Waals surface area contributed by atoms with Crippen LogP contribution < -0.4 is 10.1 Å². The third-order valence-electron chi connectivity index (χ3n) is 5.57. The first kappa shape index (κ1) is 21.8. The normalized spacial score (nSPS) is 18.8. The van der Waals surface area contributed by atoms with Gasteiger partial charge in [0.05, 0.1) is 22.2 Å². The number of benzene rings is 2. The summed E-state index contributed by atoms with van der Waals surface area (Å²) in [5.41, 5.74) is 1.25. The number of amides is 2. The van der Waals surface area contributed by atoms with Crippen LogP contribution in [-0.4, -0.2) is 61.7 Å². The Bertz CT molecular complexity index is 1200. The first-order valence-corrected chi connectivity index (χ1v) is 11.7.